The maximum Gasteiger partial charge on any atom is 0.220 e. The molecule has 1 aliphatic rings. The van der Waals surface area contributed by atoms with Crippen LogP contribution in [0.5, 0.6) is 0 Å². The van der Waals surface area contributed by atoms with Gasteiger partial charge in [0.2, 0.25) is 5.91 Å². The van der Waals surface area contributed by atoms with E-state index in [0.29, 0.717) is 5.56 Å². The van der Waals surface area contributed by atoms with Crippen molar-refractivity contribution in [2.24, 2.45) is 11.7 Å². The zero-order valence-electron chi connectivity index (χ0n) is 16.5. The normalized spacial score (nSPS) is 14.7. The summed E-state index contributed by atoms with van der Waals surface area (Å²) >= 11 is 0. The van der Waals surface area contributed by atoms with Crippen molar-refractivity contribution >= 4 is 17.9 Å². The van der Waals surface area contributed by atoms with Crippen LogP contribution in [0.3, 0.4) is 0 Å². The smallest absolute Gasteiger partial charge is 0.220 e. The highest BCUT2D eigenvalue weighted by Gasteiger charge is 2.23. The van der Waals surface area contributed by atoms with E-state index < -0.39 is 0 Å². The molecule has 1 fully saturated rings. The van der Waals surface area contributed by atoms with Gasteiger partial charge in [-0.15, -0.1) is 0 Å². The quantitative estimate of drug-likeness (QED) is 0.674. The molecule has 2 N–H and O–H groups in total. The molecule has 1 saturated heterocycles. The highest BCUT2D eigenvalue weighted by molar-refractivity contribution is 5.88. The summed E-state index contributed by atoms with van der Waals surface area (Å²) in [6, 6.07) is 20.3. The molecular formula is C24H25N3O2. The first-order valence-corrected chi connectivity index (χ1v) is 9.96. The van der Waals surface area contributed by atoms with Crippen molar-refractivity contribution < 1.29 is 9.59 Å². The van der Waals surface area contributed by atoms with E-state index in [1.165, 1.54) is 0 Å². The summed E-state index contributed by atoms with van der Waals surface area (Å²) in [6.07, 6.45) is 2.49. The van der Waals surface area contributed by atoms with E-state index in [1.54, 1.807) is 0 Å². The molecule has 4 rings (SSSR count). The molecule has 0 aliphatic carbocycles. The number of nitrogens with zero attached hydrogens (tertiary/aromatic N) is 2. The maximum absolute atomic E-state index is 11.7. The lowest BCUT2D eigenvalue weighted by Gasteiger charge is -2.32. The Hall–Kier alpha value is -3.34. The number of nitrogens with two attached hydrogens (primary N) is 1. The summed E-state index contributed by atoms with van der Waals surface area (Å²) < 4.78 is 2.14. The number of aromatic nitrogens is 1. The Morgan fingerprint density at radius 2 is 1.69 bits per heavy atom. The number of piperidine rings is 1. The van der Waals surface area contributed by atoms with Gasteiger partial charge in [-0.25, -0.2) is 0 Å². The molecule has 1 aliphatic heterocycles. The first-order valence-electron chi connectivity index (χ1n) is 9.96. The summed E-state index contributed by atoms with van der Waals surface area (Å²) in [6.45, 7) is 3.64. The van der Waals surface area contributed by atoms with Gasteiger partial charge in [-0.3, -0.25) is 9.59 Å². The standard InChI is InChI=1S/C24H25N3O2/c1-17-14-20(16-28)23(18-6-3-2-4-7-18)27(17)22-9-5-8-21(15-22)26-12-10-19(11-13-26)24(25)29/h2-9,14-16,19H,10-13H2,1H3,(H2,25,29). The lowest BCUT2D eigenvalue weighted by Crippen LogP contribution is -2.38. The number of aldehydes is 1. The van der Waals surface area contributed by atoms with Gasteiger partial charge in [0.05, 0.1) is 5.69 Å². The molecule has 5 nitrogen and oxygen atoms in total. The summed E-state index contributed by atoms with van der Waals surface area (Å²) in [7, 11) is 0. The van der Waals surface area contributed by atoms with Gasteiger partial charge in [-0.05, 0) is 49.6 Å². The molecule has 29 heavy (non-hydrogen) atoms. The number of rotatable bonds is 5. The number of amides is 1. The van der Waals surface area contributed by atoms with Crippen LogP contribution < -0.4 is 10.6 Å². The van der Waals surface area contributed by atoms with Crippen LogP contribution in [0, 0.1) is 12.8 Å². The molecule has 0 bridgehead atoms. The molecule has 0 atom stereocenters. The van der Waals surface area contributed by atoms with Crippen LogP contribution in [-0.2, 0) is 4.79 Å². The number of anilines is 1. The van der Waals surface area contributed by atoms with Crippen molar-refractivity contribution in [3.05, 3.63) is 71.9 Å². The second-order valence-corrected chi connectivity index (χ2v) is 7.59. The largest absolute Gasteiger partial charge is 0.371 e. The molecule has 0 spiro atoms. The van der Waals surface area contributed by atoms with E-state index >= 15 is 0 Å². The molecule has 2 heterocycles. The van der Waals surface area contributed by atoms with E-state index in [2.05, 4.69) is 27.7 Å². The highest BCUT2D eigenvalue weighted by atomic mass is 16.1. The number of benzene rings is 2. The van der Waals surface area contributed by atoms with Crippen molar-refractivity contribution in [2.45, 2.75) is 19.8 Å². The third kappa shape index (κ3) is 3.68. The Labute approximate surface area is 170 Å². The molecule has 1 amide bonds. The van der Waals surface area contributed by atoms with Crippen LogP contribution >= 0.6 is 0 Å². The fraction of sp³-hybridized carbons (Fsp3) is 0.250. The van der Waals surface area contributed by atoms with Crippen LogP contribution in [0.2, 0.25) is 0 Å². The van der Waals surface area contributed by atoms with Crippen LogP contribution in [0.1, 0.15) is 28.9 Å². The number of carbonyl (C=O) groups is 2. The molecule has 2 aromatic carbocycles. The predicted octanol–water partition coefficient (Wildman–Crippen LogP) is 3.97. The van der Waals surface area contributed by atoms with E-state index in [9.17, 15) is 9.59 Å². The lowest BCUT2D eigenvalue weighted by molar-refractivity contribution is -0.122. The van der Waals surface area contributed by atoms with Crippen molar-refractivity contribution in [1.82, 2.24) is 4.57 Å². The lowest BCUT2D eigenvalue weighted by atomic mass is 9.96. The van der Waals surface area contributed by atoms with Crippen molar-refractivity contribution in [3.8, 4) is 16.9 Å². The van der Waals surface area contributed by atoms with Crippen molar-refractivity contribution in [2.75, 3.05) is 18.0 Å². The minimum absolute atomic E-state index is 0.0269. The van der Waals surface area contributed by atoms with Crippen LogP contribution in [0.15, 0.2) is 60.7 Å². The Bertz CT molecular complexity index is 1030. The molecule has 1 aromatic heterocycles. The molecule has 0 saturated carbocycles. The van der Waals surface area contributed by atoms with Gasteiger partial charge in [0, 0.05) is 41.6 Å². The number of aryl methyl sites for hydroxylation is 1. The van der Waals surface area contributed by atoms with Gasteiger partial charge in [-0.1, -0.05) is 36.4 Å². The minimum atomic E-state index is -0.199. The maximum atomic E-state index is 11.7. The van der Waals surface area contributed by atoms with E-state index in [-0.39, 0.29) is 11.8 Å². The van der Waals surface area contributed by atoms with Gasteiger partial charge >= 0.3 is 0 Å². The number of hydrogen-bond acceptors (Lipinski definition) is 3. The monoisotopic (exact) mass is 387 g/mol. The van der Waals surface area contributed by atoms with Gasteiger partial charge in [-0.2, -0.15) is 0 Å². The molecule has 148 valence electrons. The fourth-order valence-corrected chi connectivity index (χ4v) is 4.23. The Balaban J connectivity index is 1.72. The second kappa shape index (κ2) is 7.95. The van der Waals surface area contributed by atoms with E-state index in [1.807, 2.05) is 49.4 Å². The molecular weight excluding hydrogens is 362 g/mol. The summed E-state index contributed by atoms with van der Waals surface area (Å²) in [4.78, 5) is 25.5. The average molecular weight is 387 g/mol. The molecule has 3 aromatic rings. The Kier molecular flexibility index (Phi) is 5.21. The number of hydrogen-bond donors (Lipinski definition) is 1. The fourth-order valence-electron chi connectivity index (χ4n) is 4.23. The van der Waals surface area contributed by atoms with Crippen molar-refractivity contribution in [1.29, 1.82) is 0 Å². The Morgan fingerprint density at radius 1 is 1.00 bits per heavy atom. The molecule has 0 unspecified atom stereocenters. The van der Waals surface area contributed by atoms with Crippen molar-refractivity contribution in [3.63, 3.8) is 0 Å². The summed E-state index contributed by atoms with van der Waals surface area (Å²) in [5.74, 6) is -0.226. The van der Waals surface area contributed by atoms with Crippen LogP contribution in [-0.4, -0.2) is 29.8 Å². The van der Waals surface area contributed by atoms with Crippen LogP contribution in [0.25, 0.3) is 16.9 Å². The average Bonchev–Trinajstić information content (AvgIpc) is 3.10. The van der Waals surface area contributed by atoms with Crippen LogP contribution in [0.4, 0.5) is 5.69 Å². The van der Waals surface area contributed by atoms with Gasteiger partial charge in [0.1, 0.15) is 0 Å². The Morgan fingerprint density at radius 3 is 2.34 bits per heavy atom. The zero-order chi connectivity index (χ0) is 20.4. The van der Waals surface area contributed by atoms with E-state index in [4.69, 9.17) is 5.73 Å². The zero-order valence-corrected chi connectivity index (χ0v) is 16.5. The summed E-state index contributed by atoms with van der Waals surface area (Å²) in [5.41, 5.74) is 11.2. The molecule has 0 radical (unpaired) electrons. The van der Waals surface area contributed by atoms with Gasteiger partial charge < -0.3 is 15.2 Å². The first-order chi connectivity index (χ1) is 14.1. The minimum Gasteiger partial charge on any atom is -0.371 e. The third-order valence-electron chi connectivity index (χ3n) is 5.74. The highest BCUT2D eigenvalue weighted by Crippen LogP contribution is 2.32. The van der Waals surface area contributed by atoms with Gasteiger partial charge in [0.25, 0.3) is 0 Å². The number of carbonyl (C=O) groups excluding carboxylic acids is 2. The third-order valence-corrected chi connectivity index (χ3v) is 5.74. The SMILES string of the molecule is Cc1cc(C=O)c(-c2ccccc2)n1-c1cccc(N2CCC(C(N)=O)CC2)c1. The number of primary amides is 1. The van der Waals surface area contributed by atoms with Gasteiger partial charge in [0.15, 0.2) is 6.29 Å². The second-order valence-electron chi connectivity index (χ2n) is 7.59. The topological polar surface area (TPSA) is 68.3 Å². The summed E-state index contributed by atoms with van der Waals surface area (Å²) in [5, 5.41) is 0. The van der Waals surface area contributed by atoms with E-state index in [0.717, 1.165) is 60.5 Å². The first kappa shape index (κ1) is 19.0. The molecule has 5 heteroatoms. The predicted molar refractivity (Wildman–Crippen MR) is 115 cm³/mol.